The van der Waals surface area contributed by atoms with Gasteiger partial charge in [0.25, 0.3) is 0 Å². The summed E-state index contributed by atoms with van der Waals surface area (Å²) in [6.45, 7) is 1.68. The number of rotatable bonds is 9. The minimum absolute atomic E-state index is 0.0313. The first-order valence-electron chi connectivity index (χ1n) is 7.80. The first-order chi connectivity index (χ1) is 10.2. The highest BCUT2D eigenvalue weighted by Gasteiger charge is 2.42. The highest BCUT2D eigenvalue weighted by Crippen LogP contribution is 2.33. The molecule has 6 nitrogen and oxygen atoms in total. The van der Waals surface area contributed by atoms with E-state index in [1.165, 1.54) is 0 Å². The lowest BCUT2D eigenvalue weighted by Gasteiger charge is -2.16. The Morgan fingerprint density at radius 1 is 1.29 bits per heavy atom. The van der Waals surface area contributed by atoms with Crippen LogP contribution in [0.3, 0.4) is 0 Å². The van der Waals surface area contributed by atoms with Crippen LogP contribution in [0.4, 0.5) is 4.79 Å². The summed E-state index contributed by atoms with van der Waals surface area (Å²) < 4.78 is 0. The van der Waals surface area contributed by atoms with Crippen LogP contribution in [0, 0.1) is 0 Å². The molecule has 3 amide bonds. The smallest absolute Gasteiger partial charge is 0.315 e. The number of unbranched alkanes of at least 4 members (excludes halogenated alkanes) is 1. The maximum absolute atomic E-state index is 11.6. The molecule has 3 atom stereocenters. The predicted octanol–water partition coefficient (Wildman–Crippen LogP) is 0.438. The van der Waals surface area contributed by atoms with Crippen LogP contribution in [0.5, 0.6) is 0 Å². The van der Waals surface area contributed by atoms with Crippen LogP contribution in [0.15, 0.2) is 0 Å². The number of carbonyl (C=O) groups excluding carboxylic acids is 2. The molecule has 2 rings (SSSR count). The van der Waals surface area contributed by atoms with E-state index < -0.39 is 0 Å². The number of nitrogens with one attached hydrogen (secondary N) is 4. The third kappa shape index (κ3) is 5.07. The summed E-state index contributed by atoms with van der Waals surface area (Å²) in [5.41, 5.74) is 0. The Morgan fingerprint density at radius 3 is 2.95 bits per heavy atom. The van der Waals surface area contributed by atoms with E-state index >= 15 is 0 Å². The zero-order valence-corrected chi connectivity index (χ0v) is 13.4. The van der Waals surface area contributed by atoms with E-state index in [2.05, 4.69) is 21.3 Å². The van der Waals surface area contributed by atoms with E-state index in [1.807, 2.05) is 18.8 Å². The molecule has 2 fully saturated rings. The van der Waals surface area contributed by atoms with Gasteiger partial charge in [0.05, 0.1) is 12.1 Å². The normalized spacial score (nSPS) is 27.1. The Balaban J connectivity index is 1.52. The van der Waals surface area contributed by atoms with Crippen molar-refractivity contribution in [3.05, 3.63) is 0 Å². The van der Waals surface area contributed by atoms with E-state index in [0.29, 0.717) is 17.7 Å². The summed E-state index contributed by atoms with van der Waals surface area (Å²) in [6.07, 6.45) is 4.61. The molecule has 0 spiro atoms. The van der Waals surface area contributed by atoms with Gasteiger partial charge in [0.1, 0.15) is 0 Å². The molecule has 2 heterocycles. The number of thioether (sulfide) groups is 1. The summed E-state index contributed by atoms with van der Waals surface area (Å²) in [4.78, 5) is 22.9. The molecule has 7 heteroatoms. The molecule has 2 aliphatic heterocycles. The molecule has 0 aromatic heterocycles. The van der Waals surface area contributed by atoms with Gasteiger partial charge >= 0.3 is 6.03 Å². The molecule has 2 aliphatic rings. The van der Waals surface area contributed by atoms with Crippen molar-refractivity contribution in [3.63, 3.8) is 0 Å². The Kier molecular flexibility index (Phi) is 6.63. The fourth-order valence-electron chi connectivity index (χ4n) is 2.86. The van der Waals surface area contributed by atoms with Crippen LogP contribution in [0.25, 0.3) is 0 Å². The largest absolute Gasteiger partial charge is 0.356 e. The maximum atomic E-state index is 11.6. The monoisotopic (exact) mass is 314 g/mol. The van der Waals surface area contributed by atoms with Crippen molar-refractivity contribution >= 4 is 23.7 Å². The minimum Gasteiger partial charge on any atom is -0.356 e. The molecule has 0 aromatic carbocycles. The topological polar surface area (TPSA) is 82.3 Å². The van der Waals surface area contributed by atoms with Crippen molar-refractivity contribution in [2.24, 2.45) is 0 Å². The summed E-state index contributed by atoms with van der Waals surface area (Å²) in [5.74, 6) is 1.15. The van der Waals surface area contributed by atoms with Gasteiger partial charge in [0.2, 0.25) is 5.91 Å². The van der Waals surface area contributed by atoms with Crippen molar-refractivity contribution in [3.8, 4) is 0 Å². The fourth-order valence-corrected chi connectivity index (χ4v) is 4.40. The van der Waals surface area contributed by atoms with Crippen LogP contribution in [-0.2, 0) is 4.79 Å². The third-order valence-corrected chi connectivity index (χ3v) is 5.51. The minimum atomic E-state index is -0.0313. The molecule has 0 bridgehead atoms. The van der Waals surface area contributed by atoms with Crippen molar-refractivity contribution in [2.45, 2.75) is 49.4 Å². The van der Waals surface area contributed by atoms with Crippen molar-refractivity contribution < 1.29 is 9.59 Å². The lowest BCUT2D eigenvalue weighted by Crippen LogP contribution is -2.36. The summed E-state index contributed by atoms with van der Waals surface area (Å²) in [7, 11) is 1.91. The van der Waals surface area contributed by atoms with Gasteiger partial charge in [-0.05, 0) is 32.9 Å². The predicted molar refractivity (Wildman–Crippen MR) is 85.5 cm³/mol. The van der Waals surface area contributed by atoms with E-state index in [9.17, 15) is 9.59 Å². The van der Waals surface area contributed by atoms with Crippen LogP contribution in [-0.4, -0.2) is 55.2 Å². The number of hydrogen-bond donors (Lipinski definition) is 4. The van der Waals surface area contributed by atoms with Crippen molar-refractivity contribution in [1.29, 1.82) is 0 Å². The van der Waals surface area contributed by atoms with Crippen LogP contribution in [0.2, 0.25) is 0 Å². The van der Waals surface area contributed by atoms with Gasteiger partial charge in [-0.2, -0.15) is 11.8 Å². The molecule has 120 valence electrons. The standard InChI is InChI=1S/C14H26N4O2S/c1-15-7-4-8-16-12(19)6-3-2-5-11-13-10(9-21-11)17-14(20)18-13/h10-11,13,15H,2-9H2,1H3,(H,16,19)(H2,17,18,20). The third-order valence-electron chi connectivity index (χ3n) is 4.01. The van der Waals surface area contributed by atoms with E-state index in [1.54, 1.807) is 0 Å². The number of hydrogen-bond acceptors (Lipinski definition) is 4. The fraction of sp³-hybridized carbons (Fsp3) is 0.857. The van der Waals surface area contributed by atoms with E-state index in [4.69, 9.17) is 0 Å². The molecule has 0 aliphatic carbocycles. The molecular weight excluding hydrogens is 288 g/mol. The number of carbonyl (C=O) groups is 2. The number of urea groups is 1. The van der Waals surface area contributed by atoms with Gasteiger partial charge in [-0.25, -0.2) is 4.79 Å². The van der Waals surface area contributed by atoms with Gasteiger partial charge in [0, 0.05) is 24.0 Å². The highest BCUT2D eigenvalue weighted by atomic mass is 32.2. The maximum Gasteiger partial charge on any atom is 0.315 e. The number of fused-ring (bicyclic) bond motifs is 1. The lowest BCUT2D eigenvalue weighted by molar-refractivity contribution is -0.121. The second-order valence-electron chi connectivity index (χ2n) is 5.67. The Bertz CT molecular complexity index is 367. The number of amides is 3. The van der Waals surface area contributed by atoms with Crippen LogP contribution in [0.1, 0.15) is 32.1 Å². The SMILES string of the molecule is CNCCCNC(=O)CCCCC1SCC2NC(=O)NC21. The summed E-state index contributed by atoms with van der Waals surface area (Å²) in [6, 6.07) is 0.539. The summed E-state index contributed by atoms with van der Waals surface area (Å²) in [5, 5.41) is 12.4. The zero-order chi connectivity index (χ0) is 15.1. The molecule has 21 heavy (non-hydrogen) atoms. The summed E-state index contributed by atoms with van der Waals surface area (Å²) >= 11 is 1.93. The van der Waals surface area contributed by atoms with E-state index in [-0.39, 0.29) is 18.0 Å². The Labute approximate surface area is 130 Å². The Morgan fingerprint density at radius 2 is 2.14 bits per heavy atom. The molecule has 3 unspecified atom stereocenters. The molecule has 2 saturated heterocycles. The molecule has 0 aromatic rings. The second kappa shape index (κ2) is 8.48. The van der Waals surface area contributed by atoms with Gasteiger partial charge in [-0.3, -0.25) is 4.79 Å². The van der Waals surface area contributed by atoms with Gasteiger partial charge in [-0.15, -0.1) is 0 Å². The molecule has 0 saturated carbocycles. The molecular formula is C14H26N4O2S. The zero-order valence-electron chi connectivity index (χ0n) is 12.6. The molecule has 4 N–H and O–H groups in total. The quantitative estimate of drug-likeness (QED) is 0.368. The van der Waals surface area contributed by atoms with Crippen molar-refractivity contribution in [2.75, 3.05) is 25.9 Å². The Hall–Kier alpha value is -0.950. The van der Waals surface area contributed by atoms with E-state index in [0.717, 1.165) is 44.5 Å². The first kappa shape index (κ1) is 16.4. The highest BCUT2D eigenvalue weighted by molar-refractivity contribution is 8.00. The average Bonchev–Trinajstić information content (AvgIpc) is 2.99. The van der Waals surface area contributed by atoms with Gasteiger partial charge in [0.15, 0.2) is 0 Å². The van der Waals surface area contributed by atoms with Gasteiger partial charge < -0.3 is 21.3 Å². The lowest BCUT2D eigenvalue weighted by atomic mass is 10.0. The van der Waals surface area contributed by atoms with Gasteiger partial charge in [-0.1, -0.05) is 6.42 Å². The van der Waals surface area contributed by atoms with Crippen LogP contribution >= 0.6 is 11.8 Å². The van der Waals surface area contributed by atoms with Crippen LogP contribution < -0.4 is 21.3 Å². The van der Waals surface area contributed by atoms with Crippen molar-refractivity contribution in [1.82, 2.24) is 21.3 Å². The molecule has 0 radical (unpaired) electrons. The average molecular weight is 314 g/mol. The first-order valence-corrected chi connectivity index (χ1v) is 8.85. The second-order valence-corrected chi connectivity index (χ2v) is 6.95.